The molecule has 1 unspecified atom stereocenters. The molecule has 3 N–H and O–H groups in total. The van der Waals surface area contributed by atoms with Crippen LogP contribution in [0.1, 0.15) is 66.9 Å². The van der Waals surface area contributed by atoms with E-state index in [1.165, 1.54) is 18.4 Å². The molecular formula is C23H27N3O2. The van der Waals surface area contributed by atoms with Crippen LogP contribution in [0, 0.1) is 0 Å². The molecule has 2 aromatic carbocycles. The van der Waals surface area contributed by atoms with Crippen LogP contribution >= 0.6 is 0 Å². The van der Waals surface area contributed by atoms with Gasteiger partial charge in [-0.3, -0.25) is 4.79 Å². The van der Waals surface area contributed by atoms with Gasteiger partial charge in [0, 0.05) is 12.0 Å². The Morgan fingerprint density at radius 1 is 1.32 bits per heavy atom. The summed E-state index contributed by atoms with van der Waals surface area (Å²) < 4.78 is 5.76. The van der Waals surface area contributed by atoms with Crippen molar-refractivity contribution in [3.8, 4) is 16.9 Å². The molecule has 0 aliphatic carbocycles. The lowest BCUT2D eigenvalue weighted by molar-refractivity contribution is 0.100. The lowest BCUT2D eigenvalue weighted by Gasteiger charge is -2.18. The fourth-order valence-corrected chi connectivity index (χ4v) is 4.19. The number of ether oxygens (including phenoxy) is 1. The van der Waals surface area contributed by atoms with E-state index in [1.54, 1.807) is 6.33 Å². The Morgan fingerprint density at radius 2 is 2.18 bits per heavy atom. The summed E-state index contributed by atoms with van der Waals surface area (Å²) in [6, 6.07) is 8.44. The summed E-state index contributed by atoms with van der Waals surface area (Å²) in [5, 5.41) is 0. The van der Waals surface area contributed by atoms with Crippen LogP contribution in [0.15, 0.2) is 30.6 Å². The van der Waals surface area contributed by atoms with Crippen molar-refractivity contribution < 1.29 is 9.53 Å². The second-order valence-corrected chi connectivity index (χ2v) is 7.70. The van der Waals surface area contributed by atoms with Crippen LogP contribution in [-0.2, 0) is 6.42 Å². The molecule has 0 bridgehead atoms. The summed E-state index contributed by atoms with van der Waals surface area (Å²) in [5.41, 5.74) is 12.2. The van der Waals surface area contributed by atoms with E-state index in [0.717, 1.165) is 59.3 Å². The number of unbranched alkanes of at least 4 members (excludes halogenated alkanes) is 2. The molecule has 1 aliphatic rings. The van der Waals surface area contributed by atoms with E-state index in [-0.39, 0.29) is 5.92 Å². The Kier molecular flexibility index (Phi) is 5.07. The van der Waals surface area contributed by atoms with Crippen molar-refractivity contribution in [1.82, 2.24) is 9.97 Å². The molecule has 0 saturated carbocycles. The number of carbonyl (C=O) groups is 1. The molecule has 2 heterocycles. The number of benzene rings is 2. The number of fused-ring (bicyclic) bond motifs is 2. The molecule has 1 aliphatic heterocycles. The Balaban J connectivity index is 1.86. The SMILES string of the molecule is CCCCCC(C)c1cc(-c2ccc3c(c2)OCC3)c2nc[nH]c2c1C(N)=O. The number of nitrogens with zero attached hydrogens (tertiary/aromatic N) is 1. The second kappa shape index (κ2) is 7.66. The van der Waals surface area contributed by atoms with Crippen LogP contribution in [0.2, 0.25) is 0 Å². The van der Waals surface area contributed by atoms with Gasteiger partial charge in [-0.15, -0.1) is 0 Å². The summed E-state index contributed by atoms with van der Waals surface area (Å²) in [7, 11) is 0. The first-order valence-corrected chi connectivity index (χ1v) is 10.2. The zero-order valence-electron chi connectivity index (χ0n) is 16.5. The zero-order valence-corrected chi connectivity index (χ0v) is 16.5. The van der Waals surface area contributed by atoms with Crippen molar-refractivity contribution in [2.75, 3.05) is 6.61 Å². The predicted octanol–water partition coefficient (Wildman–Crippen LogP) is 4.95. The minimum atomic E-state index is -0.407. The van der Waals surface area contributed by atoms with Gasteiger partial charge in [0.25, 0.3) is 5.91 Å². The molecular weight excluding hydrogens is 350 g/mol. The maximum Gasteiger partial charge on any atom is 0.251 e. The van der Waals surface area contributed by atoms with Gasteiger partial charge < -0.3 is 15.5 Å². The second-order valence-electron chi connectivity index (χ2n) is 7.70. The van der Waals surface area contributed by atoms with E-state index in [2.05, 4.69) is 48.1 Å². The molecule has 0 fully saturated rings. The van der Waals surface area contributed by atoms with Crippen LogP contribution < -0.4 is 10.5 Å². The van der Waals surface area contributed by atoms with E-state index >= 15 is 0 Å². The van der Waals surface area contributed by atoms with Gasteiger partial charge in [-0.1, -0.05) is 45.2 Å². The molecule has 0 spiro atoms. The summed E-state index contributed by atoms with van der Waals surface area (Å²) in [6.45, 7) is 5.11. The standard InChI is InChI=1S/C23H27N3O2/c1-3-4-5-6-14(2)17-12-18(16-8-7-15-9-10-28-19(15)11-16)21-22(26-13-25-21)20(17)23(24)27/h7-8,11-14H,3-6,9-10H2,1-2H3,(H2,24,27)(H,25,26). The normalized spacial score (nSPS) is 14.1. The Morgan fingerprint density at radius 3 is 2.96 bits per heavy atom. The number of rotatable bonds is 7. The number of carbonyl (C=O) groups excluding carboxylic acids is 1. The van der Waals surface area contributed by atoms with E-state index in [9.17, 15) is 4.79 Å². The van der Waals surface area contributed by atoms with Gasteiger partial charge in [-0.25, -0.2) is 4.98 Å². The number of primary amides is 1. The highest BCUT2D eigenvalue weighted by atomic mass is 16.5. The Labute approximate surface area is 165 Å². The molecule has 0 saturated heterocycles. The molecule has 1 aromatic heterocycles. The van der Waals surface area contributed by atoms with Gasteiger partial charge in [0.2, 0.25) is 0 Å². The molecule has 5 heteroatoms. The number of aromatic nitrogens is 2. The molecule has 1 amide bonds. The van der Waals surface area contributed by atoms with Crippen molar-refractivity contribution in [2.45, 2.75) is 51.9 Å². The highest BCUT2D eigenvalue weighted by Crippen LogP contribution is 2.38. The average molecular weight is 377 g/mol. The Hall–Kier alpha value is -2.82. The third-order valence-corrected chi connectivity index (χ3v) is 5.76. The highest BCUT2D eigenvalue weighted by Gasteiger charge is 2.23. The van der Waals surface area contributed by atoms with Crippen molar-refractivity contribution in [1.29, 1.82) is 0 Å². The first-order chi connectivity index (χ1) is 13.6. The van der Waals surface area contributed by atoms with Crippen molar-refractivity contribution in [2.24, 2.45) is 5.73 Å². The van der Waals surface area contributed by atoms with Gasteiger partial charge in [0.1, 0.15) is 5.75 Å². The van der Waals surface area contributed by atoms with Gasteiger partial charge in [-0.2, -0.15) is 0 Å². The largest absolute Gasteiger partial charge is 0.493 e. The lowest BCUT2D eigenvalue weighted by atomic mass is 9.87. The van der Waals surface area contributed by atoms with Crippen LogP contribution in [0.3, 0.4) is 0 Å². The van der Waals surface area contributed by atoms with Crippen LogP contribution in [0.25, 0.3) is 22.2 Å². The Bertz CT molecular complexity index is 1020. The maximum atomic E-state index is 12.3. The summed E-state index contributed by atoms with van der Waals surface area (Å²) in [5.74, 6) is 0.777. The summed E-state index contributed by atoms with van der Waals surface area (Å²) in [6.07, 6.45) is 7.12. The number of aromatic amines is 1. The van der Waals surface area contributed by atoms with Crippen LogP contribution in [-0.4, -0.2) is 22.5 Å². The third-order valence-electron chi connectivity index (χ3n) is 5.76. The number of hydrogen-bond acceptors (Lipinski definition) is 3. The van der Waals surface area contributed by atoms with Crippen LogP contribution in [0.5, 0.6) is 5.75 Å². The fraction of sp³-hybridized carbons (Fsp3) is 0.391. The van der Waals surface area contributed by atoms with Gasteiger partial charge >= 0.3 is 0 Å². The molecule has 4 rings (SSSR count). The number of nitrogens with one attached hydrogen (secondary N) is 1. The number of amides is 1. The number of nitrogens with two attached hydrogens (primary N) is 1. The maximum absolute atomic E-state index is 12.3. The first-order valence-electron chi connectivity index (χ1n) is 10.2. The average Bonchev–Trinajstić information content (AvgIpc) is 3.35. The number of H-pyrrole nitrogens is 1. The van der Waals surface area contributed by atoms with Crippen molar-refractivity contribution in [3.05, 3.63) is 47.3 Å². The topological polar surface area (TPSA) is 81.0 Å². The van der Waals surface area contributed by atoms with E-state index in [0.29, 0.717) is 5.56 Å². The smallest absolute Gasteiger partial charge is 0.251 e. The molecule has 0 radical (unpaired) electrons. The molecule has 3 aromatic rings. The quantitative estimate of drug-likeness (QED) is 0.572. The van der Waals surface area contributed by atoms with E-state index < -0.39 is 5.91 Å². The number of imidazole rings is 1. The van der Waals surface area contributed by atoms with Gasteiger partial charge in [0.15, 0.2) is 0 Å². The van der Waals surface area contributed by atoms with E-state index in [4.69, 9.17) is 10.5 Å². The zero-order chi connectivity index (χ0) is 19.7. The first kappa shape index (κ1) is 18.5. The van der Waals surface area contributed by atoms with Crippen molar-refractivity contribution >= 4 is 16.9 Å². The highest BCUT2D eigenvalue weighted by molar-refractivity contribution is 6.09. The minimum Gasteiger partial charge on any atom is -0.493 e. The van der Waals surface area contributed by atoms with E-state index in [1.807, 2.05) is 0 Å². The summed E-state index contributed by atoms with van der Waals surface area (Å²) >= 11 is 0. The minimum absolute atomic E-state index is 0.242. The van der Waals surface area contributed by atoms with Crippen LogP contribution in [0.4, 0.5) is 0 Å². The monoisotopic (exact) mass is 377 g/mol. The predicted molar refractivity (Wildman–Crippen MR) is 112 cm³/mol. The molecule has 1 atom stereocenters. The van der Waals surface area contributed by atoms with Crippen molar-refractivity contribution in [3.63, 3.8) is 0 Å². The van der Waals surface area contributed by atoms with Gasteiger partial charge in [0.05, 0.1) is 29.5 Å². The van der Waals surface area contributed by atoms with Gasteiger partial charge in [-0.05, 0) is 41.2 Å². The molecule has 146 valence electrons. The fourth-order valence-electron chi connectivity index (χ4n) is 4.19. The third kappa shape index (κ3) is 3.26. The lowest BCUT2D eigenvalue weighted by Crippen LogP contribution is -2.16. The number of hydrogen-bond donors (Lipinski definition) is 2. The summed E-state index contributed by atoms with van der Waals surface area (Å²) in [4.78, 5) is 20.0. The molecule has 28 heavy (non-hydrogen) atoms. The molecule has 5 nitrogen and oxygen atoms in total.